The molecule has 0 fully saturated rings. The minimum absolute atomic E-state index is 0.572. The number of nitrogens with zero attached hydrogens (tertiary/aromatic N) is 3. The van der Waals surface area contributed by atoms with Gasteiger partial charge in [-0.3, -0.25) is 0 Å². The largest absolute Gasteiger partial charge is 0.350 e. The van der Waals surface area contributed by atoms with E-state index in [1.54, 1.807) is 17.7 Å². The zero-order valence-electron chi connectivity index (χ0n) is 10.9. The van der Waals surface area contributed by atoms with Crippen molar-refractivity contribution in [2.24, 2.45) is 0 Å². The highest BCUT2D eigenvalue weighted by atomic mass is 35.5. The van der Waals surface area contributed by atoms with E-state index in [1.807, 2.05) is 23.6 Å². The lowest BCUT2D eigenvalue weighted by molar-refractivity contribution is 0.820. The van der Waals surface area contributed by atoms with Gasteiger partial charge in [0.25, 0.3) is 0 Å². The van der Waals surface area contributed by atoms with Crippen LogP contribution in [0.2, 0.25) is 0 Å². The molecule has 5 heteroatoms. The molecule has 0 radical (unpaired) electrons. The third-order valence-corrected chi connectivity index (χ3v) is 4.10. The van der Waals surface area contributed by atoms with Gasteiger partial charge < -0.3 is 4.90 Å². The number of fused-ring (bicyclic) bond motifs is 1. The SMILES string of the molecule is ClCCN(Cc1ccccc1)c1ncnc2sccc12. The molecule has 0 bridgehead atoms. The third-order valence-electron chi connectivity index (χ3n) is 3.11. The van der Waals surface area contributed by atoms with Gasteiger partial charge in [-0.15, -0.1) is 22.9 Å². The second-order valence-electron chi connectivity index (χ2n) is 4.43. The van der Waals surface area contributed by atoms with Crippen molar-refractivity contribution in [3.05, 3.63) is 53.7 Å². The van der Waals surface area contributed by atoms with Crippen LogP contribution >= 0.6 is 22.9 Å². The van der Waals surface area contributed by atoms with Crippen LogP contribution in [0.4, 0.5) is 5.82 Å². The van der Waals surface area contributed by atoms with Crippen LogP contribution in [-0.4, -0.2) is 22.4 Å². The fraction of sp³-hybridized carbons (Fsp3) is 0.200. The topological polar surface area (TPSA) is 29.0 Å². The number of alkyl halides is 1. The minimum Gasteiger partial charge on any atom is -0.350 e. The summed E-state index contributed by atoms with van der Waals surface area (Å²) in [6, 6.07) is 12.4. The van der Waals surface area contributed by atoms with Crippen LogP contribution in [0.5, 0.6) is 0 Å². The number of hydrogen-bond acceptors (Lipinski definition) is 4. The van der Waals surface area contributed by atoms with Gasteiger partial charge in [0.1, 0.15) is 17.0 Å². The van der Waals surface area contributed by atoms with Crippen LogP contribution in [0.25, 0.3) is 10.2 Å². The smallest absolute Gasteiger partial charge is 0.141 e. The summed E-state index contributed by atoms with van der Waals surface area (Å²) >= 11 is 7.59. The molecule has 0 amide bonds. The van der Waals surface area contributed by atoms with E-state index in [9.17, 15) is 0 Å². The van der Waals surface area contributed by atoms with Crippen molar-refractivity contribution in [3.8, 4) is 0 Å². The molecule has 0 aliphatic carbocycles. The Morgan fingerprint density at radius 3 is 2.75 bits per heavy atom. The fourth-order valence-electron chi connectivity index (χ4n) is 2.19. The first-order valence-corrected chi connectivity index (χ1v) is 7.83. The van der Waals surface area contributed by atoms with Crippen molar-refractivity contribution in [2.75, 3.05) is 17.3 Å². The summed E-state index contributed by atoms with van der Waals surface area (Å²) < 4.78 is 0. The average molecular weight is 304 g/mol. The highest BCUT2D eigenvalue weighted by molar-refractivity contribution is 7.16. The van der Waals surface area contributed by atoms with Gasteiger partial charge in [0.2, 0.25) is 0 Å². The first-order valence-electron chi connectivity index (χ1n) is 6.41. The Balaban J connectivity index is 1.96. The summed E-state index contributed by atoms with van der Waals surface area (Å²) in [6.45, 7) is 1.56. The lowest BCUT2D eigenvalue weighted by Crippen LogP contribution is -2.26. The van der Waals surface area contributed by atoms with Gasteiger partial charge in [-0.2, -0.15) is 0 Å². The maximum absolute atomic E-state index is 5.96. The Bertz CT molecular complexity index is 684. The molecule has 0 saturated carbocycles. The molecule has 1 aromatic carbocycles. The second kappa shape index (κ2) is 6.20. The Kier molecular flexibility index (Phi) is 4.14. The molecule has 3 nitrogen and oxygen atoms in total. The van der Waals surface area contributed by atoms with E-state index in [4.69, 9.17) is 11.6 Å². The maximum Gasteiger partial charge on any atom is 0.141 e. The number of aromatic nitrogens is 2. The molecule has 2 aromatic heterocycles. The van der Waals surface area contributed by atoms with Crippen LogP contribution in [0.15, 0.2) is 48.1 Å². The van der Waals surface area contributed by atoms with E-state index >= 15 is 0 Å². The van der Waals surface area contributed by atoms with Crippen molar-refractivity contribution in [2.45, 2.75) is 6.54 Å². The molecular weight excluding hydrogens is 290 g/mol. The fourth-order valence-corrected chi connectivity index (χ4v) is 3.13. The summed E-state index contributed by atoms with van der Waals surface area (Å²) in [4.78, 5) is 12.0. The number of thiophene rings is 1. The summed E-state index contributed by atoms with van der Waals surface area (Å²) in [6.07, 6.45) is 1.63. The minimum atomic E-state index is 0.572. The number of rotatable bonds is 5. The molecule has 0 atom stereocenters. The second-order valence-corrected chi connectivity index (χ2v) is 5.71. The van der Waals surface area contributed by atoms with Crippen molar-refractivity contribution in [3.63, 3.8) is 0 Å². The third kappa shape index (κ3) is 2.76. The predicted molar refractivity (Wildman–Crippen MR) is 85.6 cm³/mol. The van der Waals surface area contributed by atoms with E-state index in [2.05, 4.69) is 33.1 Å². The molecule has 2 heterocycles. The Labute approximate surface area is 126 Å². The van der Waals surface area contributed by atoms with Gasteiger partial charge in [0.15, 0.2) is 0 Å². The molecule has 0 N–H and O–H groups in total. The number of halogens is 1. The Hall–Kier alpha value is -1.65. The molecule has 3 aromatic rings. The molecule has 3 rings (SSSR count). The molecule has 0 unspecified atom stereocenters. The van der Waals surface area contributed by atoms with E-state index in [0.29, 0.717) is 5.88 Å². The average Bonchev–Trinajstić information content (AvgIpc) is 2.96. The van der Waals surface area contributed by atoms with E-state index in [1.165, 1.54) is 5.56 Å². The maximum atomic E-state index is 5.96. The quantitative estimate of drug-likeness (QED) is 0.669. The van der Waals surface area contributed by atoms with Crippen molar-refractivity contribution in [1.29, 1.82) is 0 Å². The van der Waals surface area contributed by atoms with Gasteiger partial charge >= 0.3 is 0 Å². The Morgan fingerprint density at radius 2 is 1.95 bits per heavy atom. The van der Waals surface area contributed by atoms with Gasteiger partial charge in [-0.05, 0) is 17.0 Å². The predicted octanol–water partition coefficient (Wildman–Crippen LogP) is 3.94. The lowest BCUT2D eigenvalue weighted by atomic mass is 10.2. The van der Waals surface area contributed by atoms with E-state index < -0.39 is 0 Å². The summed E-state index contributed by atoms with van der Waals surface area (Å²) in [7, 11) is 0. The zero-order chi connectivity index (χ0) is 13.8. The number of hydrogen-bond donors (Lipinski definition) is 0. The molecule has 0 saturated heterocycles. The van der Waals surface area contributed by atoms with Crippen LogP contribution in [0.1, 0.15) is 5.56 Å². The molecule has 0 aliphatic heterocycles. The first-order chi connectivity index (χ1) is 9.88. The van der Waals surface area contributed by atoms with Crippen molar-refractivity contribution < 1.29 is 0 Å². The van der Waals surface area contributed by atoms with E-state index in [0.717, 1.165) is 29.1 Å². The zero-order valence-corrected chi connectivity index (χ0v) is 12.4. The lowest BCUT2D eigenvalue weighted by Gasteiger charge is -2.23. The number of benzene rings is 1. The molecule has 0 spiro atoms. The standard InChI is InChI=1S/C15H14ClN3S/c16-7-8-19(10-12-4-2-1-3-5-12)14-13-6-9-20-15(13)18-11-17-14/h1-6,9,11H,7-8,10H2. The summed E-state index contributed by atoms with van der Waals surface area (Å²) in [5.41, 5.74) is 1.25. The van der Waals surface area contributed by atoms with Crippen LogP contribution < -0.4 is 4.90 Å². The van der Waals surface area contributed by atoms with Gasteiger partial charge in [0.05, 0.1) is 5.39 Å². The molecule has 0 aliphatic rings. The Morgan fingerprint density at radius 1 is 1.10 bits per heavy atom. The van der Waals surface area contributed by atoms with Crippen molar-refractivity contribution in [1.82, 2.24) is 9.97 Å². The molecule has 102 valence electrons. The van der Waals surface area contributed by atoms with Gasteiger partial charge in [0, 0.05) is 19.0 Å². The number of anilines is 1. The highest BCUT2D eigenvalue weighted by Crippen LogP contribution is 2.27. The first kappa shape index (κ1) is 13.3. The van der Waals surface area contributed by atoms with Gasteiger partial charge in [-0.1, -0.05) is 30.3 Å². The van der Waals surface area contributed by atoms with Gasteiger partial charge in [-0.25, -0.2) is 9.97 Å². The highest BCUT2D eigenvalue weighted by Gasteiger charge is 2.13. The monoisotopic (exact) mass is 303 g/mol. The summed E-state index contributed by atoms with van der Waals surface area (Å²) in [5, 5.41) is 3.14. The molecule has 20 heavy (non-hydrogen) atoms. The van der Waals surface area contributed by atoms with E-state index in [-0.39, 0.29) is 0 Å². The summed E-state index contributed by atoms with van der Waals surface area (Å²) in [5.74, 6) is 1.53. The normalized spacial score (nSPS) is 10.8. The van der Waals surface area contributed by atoms with Crippen LogP contribution in [0, 0.1) is 0 Å². The van der Waals surface area contributed by atoms with Crippen LogP contribution in [0.3, 0.4) is 0 Å². The van der Waals surface area contributed by atoms with Crippen molar-refractivity contribution >= 4 is 39.0 Å². The molecular formula is C15H14ClN3S. The van der Waals surface area contributed by atoms with Crippen LogP contribution in [-0.2, 0) is 6.54 Å².